The molecule has 15 heavy (non-hydrogen) atoms. The highest BCUT2D eigenvalue weighted by Crippen LogP contribution is 2.09. The van der Waals surface area contributed by atoms with Crippen molar-refractivity contribution in [3.63, 3.8) is 0 Å². The van der Waals surface area contributed by atoms with Crippen molar-refractivity contribution in [2.45, 2.75) is 38.8 Å². The van der Waals surface area contributed by atoms with Gasteiger partial charge in [0.25, 0.3) is 0 Å². The van der Waals surface area contributed by atoms with Crippen molar-refractivity contribution in [3.8, 4) is 0 Å². The molecule has 1 aromatic rings. The molecule has 1 unspecified atom stereocenters. The molecule has 0 aliphatic rings. The fourth-order valence-electron chi connectivity index (χ4n) is 1.61. The zero-order valence-corrected chi connectivity index (χ0v) is 9.61. The Hall–Kier alpha value is -0.870. The van der Waals surface area contributed by atoms with Crippen molar-refractivity contribution in [2.75, 3.05) is 13.1 Å². The van der Waals surface area contributed by atoms with Gasteiger partial charge in [-0.05, 0) is 19.4 Å². The Kier molecular flexibility index (Phi) is 4.78. The molecule has 0 radical (unpaired) electrons. The van der Waals surface area contributed by atoms with Gasteiger partial charge in [-0.25, -0.2) is 0 Å². The molecule has 0 aliphatic carbocycles. The second-order valence-electron chi connectivity index (χ2n) is 4.19. The van der Waals surface area contributed by atoms with Crippen LogP contribution < -0.4 is 5.32 Å². The Morgan fingerprint density at radius 2 is 2.33 bits per heavy atom. The van der Waals surface area contributed by atoms with Gasteiger partial charge in [0, 0.05) is 25.5 Å². The van der Waals surface area contributed by atoms with Gasteiger partial charge in [0.05, 0.1) is 12.1 Å². The van der Waals surface area contributed by atoms with Gasteiger partial charge in [0.15, 0.2) is 0 Å². The molecule has 0 fully saturated rings. The molecule has 1 rings (SSSR count). The van der Waals surface area contributed by atoms with Crippen LogP contribution in [-0.2, 0) is 6.54 Å². The van der Waals surface area contributed by atoms with Crippen molar-refractivity contribution in [2.24, 2.45) is 0 Å². The van der Waals surface area contributed by atoms with Gasteiger partial charge in [-0.15, -0.1) is 0 Å². The van der Waals surface area contributed by atoms with Crippen LogP contribution in [0.5, 0.6) is 0 Å². The Labute approximate surface area is 91.3 Å². The lowest BCUT2D eigenvalue weighted by Gasteiger charge is -2.22. The lowest BCUT2D eigenvalue weighted by molar-refractivity contribution is 0.0500. The maximum absolute atomic E-state index is 9.89. The van der Waals surface area contributed by atoms with E-state index in [0.717, 1.165) is 25.9 Å². The zero-order valence-electron chi connectivity index (χ0n) is 9.61. The van der Waals surface area contributed by atoms with Gasteiger partial charge in [0.1, 0.15) is 0 Å². The van der Waals surface area contributed by atoms with Gasteiger partial charge in [-0.3, -0.25) is 4.68 Å². The summed E-state index contributed by atoms with van der Waals surface area (Å²) in [5.41, 5.74) is -0.584. The molecule has 0 saturated carbocycles. The number of nitrogens with zero attached hydrogens (tertiary/aromatic N) is 2. The Morgan fingerprint density at radius 1 is 1.53 bits per heavy atom. The molecule has 4 nitrogen and oxygen atoms in total. The summed E-state index contributed by atoms with van der Waals surface area (Å²) in [7, 11) is 0. The van der Waals surface area contributed by atoms with Crippen molar-refractivity contribution in [1.29, 1.82) is 0 Å². The summed E-state index contributed by atoms with van der Waals surface area (Å²) in [5, 5.41) is 17.2. The van der Waals surface area contributed by atoms with Crippen molar-refractivity contribution in [3.05, 3.63) is 18.5 Å². The molecule has 0 saturated heterocycles. The zero-order chi connectivity index (χ0) is 11.1. The minimum absolute atomic E-state index is 0.584. The average Bonchev–Trinajstić information content (AvgIpc) is 2.65. The fourth-order valence-corrected chi connectivity index (χ4v) is 1.61. The summed E-state index contributed by atoms with van der Waals surface area (Å²) in [6.07, 6.45) is 5.55. The molecule has 1 heterocycles. The quantitative estimate of drug-likeness (QED) is 0.662. The normalized spacial score (nSPS) is 15.1. The lowest BCUT2D eigenvalue weighted by Crippen LogP contribution is -2.38. The van der Waals surface area contributed by atoms with Crippen molar-refractivity contribution >= 4 is 0 Å². The lowest BCUT2D eigenvalue weighted by atomic mass is 10.0. The first-order chi connectivity index (χ1) is 7.14. The van der Waals surface area contributed by atoms with Crippen LogP contribution in [0.2, 0.25) is 0 Å². The highest BCUT2D eigenvalue weighted by molar-refractivity contribution is 4.78. The van der Waals surface area contributed by atoms with Crippen molar-refractivity contribution < 1.29 is 5.11 Å². The monoisotopic (exact) mass is 211 g/mol. The van der Waals surface area contributed by atoms with E-state index in [4.69, 9.17) is 0 Å². The third kappa shape index (κ3) is 4.95. The number of aliphatic hydroxyl groups is 1. The molecular formula is C11H21N3O. The maximum atomic E-state index is 9.89. The number of hydrogen-bond acceptors (Lipinski definition) is 3. The topological polar surface area (TPSA) is 50.1 Å². The third-order valence-electron chi connectivity index (χ3n) is 2.37. The van der Waals surface area contributed by atoms with Crippen LogP contribution in [0.1, 0.15) is 26.7 Å². The molecule has 0 aliphatic heterocycles. The Balaban J connectivity index is 2.11. The highest BCUT2D eigenvalue weighted by Gasteiger charge is 2.17. The molecular weight excluding hydrogens is 190 g/mol. The van der Waals surface area contributed by atoms with Crippen LogP contribution in [0.25, 0.3) is 0 Å². The van der Waals surface area contributed by atoms with Crippen LogP contribution in [0.3, 0.4) is 0 Å². The summed E-state index contributed by atoms with van der Waals surface area (Å²) < 4.78 is 1.88. The average molecular weight is 211 g/mol. The molecule has 0 spiro atoms. The van der Waals surface area contributed by atoms with Gasteiger partial charge in [-0.1, -0.05) is 13.3 Å². The fraction of sp³-hybridized carbons (Fsp3) is 0.727. The Bertz CT molecular complexity index is 257. The van der Waals surface area contributed by atoms with Crippen LogP contribution in [0, 0.1) is 0 Å². The third-order valence-corrected chi connectivity index (χ3v) is 2.37. The summed E-state index contributed by atoms with van der Waals surface area (Å²) in [6.45, 7) is 6.27. The van der Waals surface area contributed by atoms with E-state index in [1.807, 2.05) is 23.9 Å². The predicted octanol–water partition coefficient (Wildman–Crippen LogP) is 1.02. The van der Waals surface area contributed by atoms with Crippen molar-refractivity contribution in [1.82, 2.24) is 15.1 Å². The molecule has 2 N–H and O–H groups in total. The number of aromatic nitrogens is 2. The van der Waals surface area contributed by atoms with E-state index < -0.39 is 5.60 Å². The number of nitrogens with one attached hydrogen (secondary N) is 1. The molecule has 0 amide bonds. The minimum Gasteiger partial charge on any atom is -0.389 e. The second-order valence-corrected chi connectivity index (χ2v) is 4.19. The van der Waals surface area contributed by atoms with Gasteiger partial charge in [0.2, 0.25) is 0 Å². The molecule has 86 valence electrons. The summed E-state index contributed by atoms with van der Waals surface area (Å²) in [4.78, 5) is 0. The second kappa shape index (κ2) is 5.88. The Morgan fingerprint density at radius 3 is 2.93 bits per heavy atom. The number of rotatable bonds is 7. The maximum Gasteiger partial charge on any atom is 0.0743 e. The molecule has 1 atom stereocenters. The van der Waals surface area contributed by atoms with E-state index in [2.05, 4.69) is 17.3 Å². The van der Waals surface area contributed by atoms with Gasteiger partial charge < -0.3 is 10.4 Å². The summed E-state index contributed by atoms with van der Waals surface area (Å²) in [5.74, 6) is 0. The van der Waals surface area contributed by atoms with E-state index >= 15 is 0 Å². The van der Waals surface area contributed by atoms with Gasteiger partial charge in [-0.2, -0.15) is 5.10 Å². The standard InChI is InChI=1S/C11H21N3O/c1-3-5-11(2,15)10-12-7-9-14-8-4-6-13-14/h4,6,8,12,15H,3,5,7,9-10H2,1-2H3. The first kappa shape index (κ1) is 12.2. The first-order valence-electron chi connectivity index (χ1n) is 5.54. The van der Waals surface area contributed by atoms with Crippen LogP contribution in [-0.4, -0.2) is 33.6 Å². The van der Waals surface area contributed by atoms with Gasteiger partial charge >= 0.3 is 0 Å². The predicted molar refractivity (Wildman–Crippen MR) is 60.6 cm³/mol. The molecule has 4 heteroatoms. The van der Waals surface area contributed by atoms with E-state index in [1.165, 1.54) is 0 Å². The van der Waals surface area contributed by atoms with E-state index in [-0.39, 0.29) is 0 Å². The van der Waals surface area contributed by atoms with E-state index in [9.17, 15) is 5.11 Å². The number of hydrogen-bond donors (Lipinski definition) is 2. The minimum atomic E-state index is -0.584. The molecule has 0 bridgehead atoms. The highest BCUT2D eigenvalue weighted by atomic mass is 16.3. The van der Waals surface area contributed by atoms with E-state index in [1.54, 1.807) is 6.20 Å². The summed E-state index contributed by atoms with van der Waals surface area (Å²) >= 11 is 0. The largest absolute Gasteiger partial charge is 0.389 e. The van der Waals surface area contributed by atoms with Crippen LogP contribution >= 0.6 is 0 Å². The SMILES string of the molecule is CCCC(C)(O)CNCCn1cccn1. The van der Waals surface area contributed by atoms with Crippen LogP contribution in [0.15, 0.2) is 18.5 Å². The smallest absolute Gasteiger partial charge is 0.0743 e. The molecule has 1 aromatic heterocycles. The van der Waals surface area contributed by atoms with Crippen LogP contribution in [0.4, 0.5) is 0 Å². The summed E-state index contributed by atoms with van der Waals surface area (Å²) in [6, 6.07) is 1.91. The molecule has 0 aromatic carbocycles. The first-order valence-corrected chi connectivity index (χ1v) is 5.54. The van der Waals surface area contributed by atoms with E-state index in [0.29, 0.717) is 6.54 Å².